The molecule has 3 aromatic carbocycles. The number of amides is 1. The smallest absolute Gasteiger partial charge is 0.264 e. The molecule has 9 heteroatoms. The molecule has 0 aliphatic rings. The zero-order valence-electron chi connectivity index (χ0n) is 15.1. The monoisotopic (exact) mass is 436 g/mol. The van der Waals surface area contributed by atoms with Gasteiger partial charge >= 0.3 is 0 Å². The largest absolute Gasteiger partial charge is 0.319 e. The normalized spacial score (nSPS) is 11.2. The molecular formula is C20H15ClF2N2O3S. The van der Waals surface area contributed by atoms with Gasteiger partial charge in [0.05, 0.1) is 26.9 Å². The maximum absolute atomic E-state index is 13.8. The molecule has 150 valence electrons. The standard InChI is InChI=1S/C20H15ClF2N2O3S/c1-25(14-8-6-13(22)7-9-14)29(27,28)15-10-11-17(21)16(12-15)20(26)24-19-5-3-2-4-18(19)23/h2-12H,1H3,(H,24,26). The zero-order valence-corrected chi connectivity index (χ0v) is 16.6. The fraction of sp³-hybridized carbons (Fsp3) is 0.0500. The second-order valence-corrected chi connectivity index (χ2v) is 8.40. The highest BCUT2D eigenvalue weighted by Crippen LogP contribution is 2.27. The summed E-state index contributed by atoms with van der Waals surface area (Å²) >= 11 is 6.06. The van der Waals surface area contributed by atoms with Crippen molar-refractivity contribution in [3.8, 4) is 0 Å². The lowest BCUT2D eigenvalue weighted by Gasteiger charge is -2.20. The first kappa shape index (κ1) is 20.8. The van der Waals surface area contributed by atoms with Gasteiger partial charge in [-0.2, -0.15) is 0 Å². The number of rotatable bonds is 5. The van der Waals surface area contributed by atoms with E-state index in [0.717, 1.165) is 22.5 Å². The van der Waals surface area contributed by atoms with Crippen molar-refractivity contribution < 1.29 is 22.0 Å². The minimum atomic E-state index is -4.06. The molecule has 0 aliphatic carbocycles. The molecule has 3 rings (SSSR count). The molecule has 0 atom stereocenters. The predicted molar refractivity (Wildman–Crippen MR) is 108 cm³/mol. The van der Waals surface area contributed by atoms with Crippen LogP contribution in [0, 0.1) is 11.6 Å². The molecule has 0 unspecified atom stereocenters. The average molecular weight is 437 g/mol. The Hall–Kier alpha value is -2.97. The molecule has 0 spiro atoms. The molecule has 3 aromatic rings. The van der Waals surface area contributed by atoms with E-state index >= 15 is 0 Å². The van der Waals surface area contributed by atoms with Gasteiger partial charge in [0.2, 0.25) is 0 Å². The molecule has 29 heavy (non-hydrogen) atoms. The summed E-state index contributed by atoms with van der Waals surface area (Å²) in [7, 11) is -2.76. The Labute approximate surface area is 171 Å². The van der Waals surface area contributed by atoms with Crippen LogP contribution in [0.25, 0.3) is 0 Å². The van der Waals surface area contributed by atoms with Crippen LogP contribution in [-0.4, -0.2) is 21.4 Å². The Morgan fingerprint density at radius 2 is 1.66 bits per heavy atom. The Bertz CT molecular complexity index is 1170. The van der Waals surface area contributed by atoms with Crippen LogP contribution >= 0.6 is 11.6 Å². The number of benzene rings is 3. The maximum Gasteiger partial charge on any atom is 0.264 e. The fourth-order valence-corrected chi connectivity index (χ4v) is 3.96. The van der Waals surface area contributed by atoms with E-state index in [2.05, 4.69) is 5.32 Å². The Morgan fingerprint density at radius 3 is 2.31 bits per heavy atom. The molecule has 0 fully saturated rings. The van der Waals surface area contributed by atoms with Crippen molar-refractivity contribution in [2.45, 2.75) is 4.90 Å². The summed E-state index contributed by atoms with van der Waals surface area (Å²) in [6.45, 7) is 0. The highest BCUT2D eigenvalue weighted by Gasteiger charge is 2.24. The molecule has 0 saturated carbocycles. The molecule has 1 amide bonds. The van der Waals surface area contributed by atoms with Crippen LogP contribution in [0.2, 0.25) is 5.02 Å². The van der Waals surface area contributed by atoms with Crippen molar-refractivity contribution in [1.29, 1.82) is 0 Å². The summed E-state index contributed by atoms with van der Waals surface area (Å²) in [6, 6.07) is 14.1. The Balaban J connectivity index is 1.94. The summed E-state index contributed by atoms with van der Waals surface area (Å²) in [5, 5.41) is 2.37. The Morgan fingerprint density at radius 1 is 1.00 bits per heavy atom. The van der Waals surface area contributed by atoms with Gasteiger partial charge in [0.15, 0.2) is 0 Å². The SMILES string of the molecule is CN(c1ccc(F)cc1)S(=O)(=O)c1ccc(Cl)c(C(=O)Nc2ccccc2F)c1. The number of halogens is 3. The van der Waals surface area contributed by atoms with Crippen LogP contribution in [0.3, 0.4) is 0 Å². The first-order chi connectivity index (χ1) is 13.7. The van der Waals surface area contributed by atoms with E-state index in [-0.39, 0.29) is 26.9 Å². The topological polar surface area (TPSA) is 66.5 Å². The second-order valence-electron chi connectivity index (χ2n) is 6.02. The number of nitrogens with zero attached hydrogens (tertiary/aromatic N) is 1. The van der Waals surface area contributed by atoms with Gasteiger partial charge in [0, 0.05) is 7.05 Å². The van der Waals surface area contributed by atoms with Crippen molar-refractivity contribution >= 4 is 38.9 Å². The number of anilines is 2. The van der Waals surface area contributed by atoms with Crippen molar-refractivity contribution in [2.24, 2.45) is 0 Å². The van der Waals surface area contributed by atoms with Gasteiger partial charge in [-0.1, -0.05) is 23.7 Å². The van der Waals surface area contributed by atoms with E-state index in [0.29, 0.717) is 0 Å². The van der Waals surface area contributed by atoms with E-state index < -0.39 is 27.6 Å². The third kappa shape index (κ3) is 4.38. The second kappa shape index (κ2) is 8.18. The average Bonchev–Trinajstić information content (AvgIpc) is 2.70. The van der Waals surface area contributed by atoms with Gasteiger partial charge < -0.3 is 5.32 Å². The van der Waals surface area contributed by atoms with Gasteiger partial charge in [-0.25, -0.2) is 17.2 Å². The third-order valence-corrected chi connectivity index (χ3v) is 6.26. The maximum atomic E-state index is 13.8. The number of para-hydroxylation sites is 1. The molecular weight excluding hydrogens is 422 g/mol. The van der Waals surface area contributed by atoms with Gasteiger partial charge in [-0.05, 0) is 54.6 Å². The van der Waals surface area contributed by atoms with Crippen molar-refractivity contribution in [3.63, 3.8) is 0 Å². The number of nitrogens with one attached hydrogen (secondary N) is 1. The van der Waals surface area contributed by atoms with Crippen LogP contribution in [-0.2, 0) is 10.0 Å². The Kier molecular flexibility index (Phi) is 5.86. The third-order valence-electron chi connectivity index (χ3n) is 4.15. The number of sulfonamides is 1. The predicted octanol–water partition coefficient (Wildman–Crippen LogP) is 4.70. The number of carbonyl (C=O) groups excluding carboxylic acids is 1. The van der Waals surface area contributed by atoms with Gasteiger partial charge in [-0.3, -0.25) is 9.10 Å². The van der Waals surface area contributed by atoms with Crippen molar-refractivity contribution in [1.82, 2.24) is 0 Å². The fourth-order valence-electron chi connectivity index (χ4n) is 2.54. The minimum absolute atomic E-state index is 0.00206. The van der Waals surface area contributed by atoms with Crippen LogP contribution in [0.4, 0.5) is 20.2 Å². The molecule has 0 aromatic heterocycles. The summed E-state index contributed by atoms with van der Waals surface area (Å²) in [4.78, 5) is 12.3. The molecule has 0 heterocycles. The molecule has 1 N–H and O–H groups in total. The van der Waals surface area contributed by atoms with E-state index in [1.807, 2.05) is 0 Å². The lowest BCUT2D eigenvalue weighted by atomic mass is 10.2. The number of carbonyl (C=O) groups is 1. The zero-order chi connectivity index (χ0) is 21.2. The van der Waals surface area contributed by atoms with Crippen LogP contribution < -0.4 is 9.62 Å². The van der Waals surface area contributed by atoms with E-state index in [1.54, 1.807) is 6.07 Å². The van der Waals surface area contributed by atoms with Crippen molar-refractivity contribution in [3.05, 3.63) is 89.0 Å². The molecule has 0 aliphatic heterocycles. The summed E-state index contributed by atoms with van der Waals surface area (Å²) in [5.41, 5.74) is 0.0347. The van der Waals surface area contributed by atoms with Gasteiger partial charge in [0.1, 0.15) is 11.6 Å². The van der Waals surface area contributed by atoms with Crippen molar-refractivity contribution in [2.75, 3.05) is 16.7 Å². The lowest BCUT2D eigenvalue weighted by molar-refractivity contribution is 0.102. The van der Waals surface area contributed by atoms with Gasteiger partial charge in [-0.15, -0.1) is 0 Å². The summed E-state index contributed by atoms with van der Waals surface area (Å²) in [5.74, 6) is -1.91. The lowest BCUT2D eigenvalue weighted by Crippen LogP contribution is -2.27. The van der Waals surface area contributed by atoms with E-state index in [4.69, 9.17) is 11.6 Å². The minimum Gasteiger partial charge on any atom is -0.319 e. The van der Waals surface area contributed by atoms with E-state index in [9.17, 15) is 22.0 Å². The summed E-state index contributed by atoms with van der Waals surface area (Å²) < 4.78 is 53.7. The van der Waals surface area contributed by atoms with Crippen LogP contribution in [0.1, 0.15) is 10.4 Å². The molecule has 0 bridgehead atoms. The first-order valence-electron chi connectivity index (χ1n) is 8.30. The molecule has 0 radical (unpaired) electrons. The van der Waals surface area contributed by atoms with E-state index in [1.165, 1.54) is 49.5 Å². The number of hydrogen-bond acceptors (Lipinski definition) is 3. The molecule has 0 saturated heterocycles. The quantitative estimate of drug-likeness (QED) is 0.630. The highest BCUT2D eigenvalue weighted by molar-refractivity contribution is 7.92. The van der Waals surface area contributed by atoms with Gasteiger partial charge in [0.25, 0.3) is 15.9 Å². The van der Waals surface area contributed by atoms with Crippen LogP contribution in [0.15, 0.2) is 71.6 Å². The summed E-state index contributed by atoms with van der Waals surface area (Å²) in [6.07, 6.45) is 0. The number of hydrogen-bond donors (Lipinski definition) is 1. The first-order valence-corrected chi connectivity index (χ1v) is 10.1. The van der Waals surface area contributed by atoms with Crippen LogP contribution in [0.5, 0.6) is 0 Å². The molecule has 5 nitrogen and oxygen atoms in total. The highest BCUT2D eigenvalue weighted by atomic mass is 35.5.